The van der Waals surface area contributed by atoms with Crippen molar-refractivity contribution in [2.24, 2.45) is 7.05 Å². The molecule has 0 aliphatic carbocycles. The van der Waals surface area contributed by atoms with Crippen LogP contribution in [0.4, 0.5) is 15.9 Å². The molecule has 0 atom stereocenters. The molecule has 0 spiro atoms. The van der Waals surface area contributed by atoms with Crippen LogP contribution in [0.25, 0.3) is 11.3 Å². The maximum atomic E-state index is 13.5. The molecular formula is C13H15FN4O2. The molecule has 0 aliphatic heterocycles. The number of nitrogen functional groups attached to an aromatic ring is 1. The van der Waals surface area contributed by atoms with Gasteiger partial charge in [0.15, 0.2) is 0 Å². The number of benzene rings is 1. The molecule has 2 aromatic rings. The Morgan fingerprint density at radius 3 is 2.60 bits per heavy atom. The standard InChI is InChI=1S/C13H15FN4O2/c1-7(2)11-12(16-17(3)13(11)15)8-4-9(14)6-10(5-8)18(19)20/h4-7H,15H2,1-3H3. The highest BCUT2D eigenvalue weighted by Crippen LogP contribution is 2.34. The van der Waals surface area contributed by atoms with E-state index in [0.29, 0.717) is 17.1 Å². The predicted molar refractivity (Wildman–Crippen MR) is 73.8 cm³/mol. The second kappa shape index (κ2) is 4.92. The number of non-ortho nitro benzene ring substituents is 1. The van der Waals surface area contributed by atoms with Gasteiger partial charge in [0, 0.05) is 24.2 Å². The first-order valence-corrected chi connectivity index (χ1v) is 6.09. The van der Waals surface area contributed by atoms with Crippen molar-refractivity contribution < 1.29 is 9.31 Å². The third-order valence-electron chi connectivity index (χ3n) is 3.07. The van der Waals surface area contributed by atoms with E-state index in [2.05, 4.69) is 5.10 Å². The van der Waals surface area contributed by atoms with Gasteiger partial charge in [0.2, 0.25) is 0 Å². The zero-order valence-corrected chi connectivity index (χ0v) is 11.4. The first-order chi connectivity index (χ1) is 9.31. The highest BCUT2D eigenvalue weighted by Gasteiger charge is 2.20. The predicted octanol–water partition coefficient (Wildman–Crippen LogP) is 2.84. The average Bonchev–Trinajstić information content (AvgIpc) is 2.65. The lowest BCUT2D eigenvalue weighted by Gasteiger charge is -2.07. The molecule has 2 N–H and O–H groups in total. The lowest BCUT2D eigenvalue weighted by molar-refractivity contribution is -0.385. The Morgan fingerprint density at radius 1 is 1.40 bits per heavy atom. The fourth-order valence-corrected chi connectivity index (χ4v) is 2.15. The van der Waals surface area contributed by atoms with E-state index in [0.717, 1.165) is 11.6 Å². The molecule has 1 heterocycles. The smallest absolute Gasteiger partial charge is 0.273 e. The van der Waals surface area contributed by atoms with Gasteiger partial charge in [0.05, 0.1) is 16.7 Å². The lowest BCUT2D eigenvalue weighted by atomic mass is 9.98. The van der Waals surface area contributed by atoms with Gasteiger partial charge >= 0.3 is 0 Å². The number of nitrogens with two attached hydrogens (primary N) is 1. The van der Waals surface area contributed by atoms with Crippen LogP contribution < -0.4 is 5.73 Å². The summed E-state index contributed by atoms with van der Waals surface area (Å²) in [5, 5.41) is 15.1. The van der Waals surface area contributed by atoms with Gasteiger partial charge in [-0.15, -0.1) is 0 Å². The number of anilines is 1. The Kier molecular flexibility index (Phi) is 3.44. The van der Waals surface area contributed by atoms with Crippen molar-refractivity contribution in [3.63, 3.8) is 0 Å². The van der Waals surface area contributed by atoms with Crippen molar-refractivity contribution in [2.75, 3.05) is 5.73 Å². The zero-order valence-electron chi connectivity index (χ0n) is 11.4. The zero-order chi connectivity index (χ0) is 15.0. The van der Waals surface area contributed by atoms with E-state index >= 15 is 0 Å². The van der Waals surface area contributed by atoms with Crippen molar-refractivity contribution in [3.05, 3.63) is 39.7 Å². The van der Waals surface area contributed by atoms with Crippen molar-refractivity contribution >= 4 is 11.5 Å². The molecule has 0 saturated carbocycles. The summed E-state index contributed by atoms with van der Waals surface area (Å²) in [5.41, 5.74) is 7.23. The van der Waals surface area contributed by atoms with E-state index in [1.807, 2.05) is 13.8 Å². The largest absolute Gasteiger partial charge is 0.384 e. The maximum Gasteiger partial charge on any atom is 0.273 e. The van der Waals surface area contributed by atoms with Gasteiger partial charge in [-0.05, 0) is 12.0 Å². The Hall–Kier alpha value is -2.44. The number of nitro benzene ring substituents is 1. The van der Waals surface area contributed by atoms with E-state index in [4.69, 9.17) is 5.73 Å². The molecule has 7 heteroatoms. The van der Waals surface area contributed by atoms with Gasteiger partial charge in [0.1, 0.15) is 11.6 Å². The summed E-state index contributed by atoms with van der Waals surface area (Å²) in [6.07, 6.45) is 0. The number of aromatic nitrogens is 2. The first kappa shape index (κ1) is 14.0. The van der Waals surface area contributed by atoms with Crippen molar-refractivity contribution in [2.45, 2.75) is 19.8 Å². The molecule has 6 nitrogen and oxygen atoms in total. The molecule has 106 valence electrons. The number of aryl methyl sites for hydroxylation is 1. The normalized spacial score (nSPS) is 11.1. The van der Waals surface area contributed by atoms with E-state index in [-0.39, 0.29) is 11.6 Å². The molecule has 0 unspecified atom stereocenters. The number of hydrogen-bond donors (Lipinski definition) is 1. The molecule has 0 fully saturated rings. The topological polar surface area (TPSA) is 87.0 Å². The van der Waals surface area contributed by atoms with Gasteiger partial charge in [-0.25, -0.2) is 4.39 Å². The van der Waals surface area contributed by atoms with Crippen molar-refractivity contribution in [1.82, 2.24) is 9.78 Å². The van der Waals surface area contributed by atoms with Crippen LogP contribution >= 0.6 is 0 Å². The first-order valence-electron chi connectivity index (χ1n) is 6.09. The summed E-state index contributed by atoms with van der Waals surface area (Å²) in [5.74, 6) is -0.129. The quantitative estimate of drug-likeness (QED) is 0.690. The molecule has 20 heavy (non-hydrogen) atoms. The monoisotopic (exact) mass is 278 g/mol. The second-order valence-corrected chi connectivity index (χ2v) is 4.88. The fraction of sp³-hybridized carbons (Fsp3) is 0.308. The van der Waals surface area contributed by atoms with Crippen LogP contribution in [-0.2, 0) is 7.05 Å². The van der Waals surface area contributed by atoms with Crippen LogP contribution in [0.2, 0.25) is 0 Å². The van der Waals surface area contributed by atoms with Crippen molar-refractivity contribution in [1.29, 1.82) is 0 Å². The van der Waals surface area contributed by atoms with Gasteiger partial charge in [-0.1, -0.05) is 13.8 Å². The van der Waals surface area contributed by atoms with Crippen LogP contribution in [0, 0.1) is 15.9 Å². The molecule has 0 bridgehead atoms. The average molecular weight is 278 g/mol. The van der Waals surface area contributed by atoms with Crippen LogP contribution in [0.5, 0.6) is 0 Å². The van der Waals surface area contributed by atoms with Gasteiger partial charge < -0.3 is 5.73 Å². The van der Waals surface area contributed by atoms with Crippen LogP contribution in [0.15, 0.2) is 18.2 Å². The van der Waals surface area contributed by atoms with Crippen LogP contribution in [0.1, 0.15) is 25.3 Å². The van der Waals surface area contributed by atoms with Crippen LogP contribution in [0.3, 0.4) is 0 Å². The summed E-state index contributed by atoms with van der Waals surface area (Å²) in [6.45, 7) is 3.87. The molecule has 1 aromatic heterocycles. The van der Waals surface area contributed by atoms with E-state index in [1.54, 1.807) is 7.05 Å². The summed E-state index contributed by atoms with van der Waals surface area (Å²) >= 11 is 0. The summed E-state index contributed by atoms with van der Waals surface area (Å²) in [7, 11) is 1.68. The third-order valence-corrected chi connectivity index (χ3v) is 3.07. The highest BCUT2D eigenvalue weighted by atomic mass is 19.1. The number of halogens is 1. The highest BCUT2D eigenvalue weighted by molar-refractivity contribution is 5.71. The minimum absolute atomic E-state index is 0.0704. The molecule has 0 saturated heterocycles. The molecule has 0 amide bonds. The molecule has 0 aliphatic rings. The summed E-state index contributed by atoms with van der Waals surface area (Å²) in [6, 6.07) is 3.40. The minimum atomic E-state index is -0.673. The maximum absolute atomic E-state index is 13.5. The molecule has 1 aromatic carbocycles. The molecule has 2 rings (SSSR count). The SMILES string of the molecule is CC(C)c1c(-c2cc(F)cc([N+](=O)[O-])c2)nn(C)c1N. The molecular weight excluding hydrogens is 263 g/mol. The Labute approximate surface area is 115 Å². The Bertz CT molecular complexity index is 679. The third kappa shape index (κ3) is 2.34. The van der Waals surface area contributed by atoms with Crippen LogP contribution in [-0.4, -0.2) is 14.7 Å². The summed E-state index contributed by atoms with van der Waals surface area (Å²) < 4.78 is 15.0. The van der Waals surface area contributed by atoms with E-state index in [1.165, 1.54) is 16.8 Å². The van der Waals surface area contributed by atoms with Crippen molar-refractivity contribution in [3.8, 4) is 11.3 Å². The van der Waals surface area contributed by atoms with Gasteiger partial charge in [-0.3, -0.25) is 14.8 Å². The molecule has 0 radical (unpaired) electrons. The lowest BCUT2D eigenvalue weighted by Crippen LogP contribution is -2.00. The van der Waals surface area contributed by atoms with Gasteiger partial charge in [-0.2, -0.15) is 5.10 Å². The minimum Gasteiger partial charge on any atom is -0.384 e. The fourth-order valence-electron chi connectivity index (χ4n) is 2.15. The number of nitro groups is 1. The number of hydrogen-bond acceptors (Lipinski definition) is 4. The Morgan fingerprint density at radius 2 is 2.05 bits per heavy atom. The number of rotatable bonds is 3. The second-order valence-electron chi connectivity index (χ2n) is 4.88. The number of nitrogens with zero attached hydrogens (tertiary/aromatic N) is 3. The van der Waals surface area contributed by atoms with E-state index < -0.39 is 10.7 Å². The summed E-state index contributed by atoms with van der Waals surface area (Å²) in [4.78, 5) is 10.2. The van der Waals surface area contributed by atoms with E-state index in [9.17, 15) is 14.5 Å². The van der Waals surface area contributed by atoms with Gasteiger partial charge in [0.25, 0.3) is 5.69 Å². The Balaban J connectivity index is 2.68.